The summed E-state index contributed by atoms with van der Waals surface area (Å²) in [5.41, 5.74) is 1.74. The first kappa shape index (κ1) is 16.3. The van der Waals surface area contributed by atoms with Gasteiger partial charge in [-0.1, -0.05) is 0 Å². The van der Waals surface area contributed by atoms with E-state index in [-0.39, 0.29) is 17.7 Å². The number of nitrogens with zero attached hydrogens (tertiary/aromatic N) is 3. The molecule has 3 rings (SSSR count). The SMILES string of the molecule is CC1=NC(C)=C(OCC2CC2C(=O)Nc2ccc(F)cn2)C=NC1. The van der Waals surface area contributed by atoms with E-state index in [1.54, 1.807) is 6.21 Å². The quantitative estimate of drug-likeness (QED) is 0.901. The van der Waals surface area contributed by atoms with Crippen LogP contribution in [0.2, 0.25) is 0 Å². The molecule has 0 aromatic carbocycles. The molecule has 1 fully saturated rings. The zero-order chi connectivity index (χ0) is 17.1. The zero-order valence-electron chi connectivity index (χ0n) is 13.6. The second-order valence-corrected chi connectivity index (χ2v) is 6.03. The minimum atomic E-state index is -0.433. The summed E-state index contributed by atoms with van der Waals surface area (Å²) in [6.45, 7) is 4.83. The molecule has 0 bridgehead atoms. The van der Waals surface area contributed by atoms with Crippen LogP contribution in [0, 0.1) is 17.7 Å². The highest BCUT2D eigenvalue weighted by Gasteiger charge is 2.43. The number of ether oxygens (including phenoxy) is 1. The molecule has 1 N–H and O–H groups in total. The van der Waals surface area contributed by atoms with Crippen molar-refractivity contribution in [3.05, 3.63) is 35.6 Å². The number of hydrogen-bond acceptors (Lipinski definition) is 5. The van der Waals surface area contributed by atoms with Gasteiger partial charge in [-0.2, -0.15) is 0 Å². The summed E-state index contributed by atoms with van der Waals surface area (Å²) in [5.74, 6) is 0.512. The molecule has 0 saturated heterocycles. The lowest BCUT2D eigenvalue weighted by atomic mass is 10.3. The Balaban J connectivity index is 1.50. The average molecular weight is 330 g/mol. The van der Waals surface area contributed by atoms with Gasteiger partial charge in [-0.25, -0.2) is 9.37 Å². The van der Waals surface area contributed by atoms with E-state index in [9.17, 15) is 9.18 Å². The van der Waals surface area contributed by atoms with Crippen molar-refractivity contribution in [3.63, 3.8) is 0 Å². The van der Waals surface area contributed by atoms with Crippen molar-refractivity contribution < 1.29 is 13.9 Å². The van der Waals surface area contributed by atoms with Gasteiger partial charge >= 0.3 is 0 Å². The number of carbonyl (C=O) groups is 1. The number of nitrogens with one attached hydrogen (secondary N) is 1. The summed E-state index contributed by atoms with van der Waals surface area (Å²) in [6.07, 6.45) is 3.53. The Morgan fingerprint density at radius 1 is 1.42 bits per heavy atom. The second-order valence-electron chi connectivity index (χ2n) is 6.03. The number of allylic oxidation sites excluding steroid dienone is 2. The standard InChI is InChI=1S/C17H19FN4O2/c1-10-6-19-8-15(11(2)21-10)24-9-12-5-14(12)17(23)22-16-4-3-13(18)7-20-16/h3-4,7-8,12,14H,5-6,9H2,1-2H3,(H,20,22,23). The number of rotatable bonds is 5. The van der Waals surface area contributed by atoms with Crippen LogP contribution in [0.25, 0.3) is 0 Å². The lowest BCUT2D eigenvalue weighted by Crippen LogP contribution is -2.16. The fourth-order valence-electron chi connectivity index (χ4n) is 2.49. The van der Waals surface area contributed by atoms with Crippen LogP contribution >= 0.6 is 0 Å². The molecule has 24 heavy (non-hydrogen) atoms. The van der Waals surface area contributed by atoms with E-state index >= 15 is 0 Å². The van der Waals surface area contributed by atoms with Crippen molar-refractivity contribution >= 4 is 23.7 Å². The second kappa shape index (κ2) is 6.90. The van der Waals surface area contributed by atoms with E-state index < -0.39 is 5.82 Å². The number of aliphatic imine (C=N–C) groups is 2. The third-order valence-electron chi connectivity index (χ3n) is 3.93. The number of hydrogen-bond donors (Lipinski definition) is 1. The van der Waals surface area contributed by atoms with Crippen LogP contribution in [0.15, 0.2) is 39.8 Å². The van der Waals surface area contributed by atoms with Crippen LogP contribution in [0.4, 0.5) is 10.2 Å². The highest BCUT2D eigenvalue weighted by molar-refractivity contribution is 5.93. The maximum atomic E-state index is 12.8. The summed E-state index contributed by atoms with van der Waals surface area (Å²) in [7, 11) is 0. The molecule has 1 aromatic rings. The van der Waals surface area contributed by atoms with Gasteiger partial charge in [0, 0.05) is 17.5 Å². The first-order valence-electron chi connectivity index (χ1n) is 7.83. The molecule has 2 heterocycles. The molecule has 2 atom stereocenters. The van der Waals surface area contributed by atoms with Crippen LogP contribution in [0.3, 0.4) is 0 Å². The number of aromatic nitrogens is 1. The van der Waals surface area contributed by atoms with E-state index in [4.69, 9.17) is 4.74 Å². The Bertz CT molecular complexity index is 725. The van der Waals surface area contributed by atoms with Gasteiger partial charge in [0.1, 0.15) is 11.6 Å². The largest absolute Gasteiger partial charge is 0.490 e. The predicted molar refractivity (Wildman–Crippen MR) is 89.5 cm³/mol. The van der Waals surface area contributed by atoms with E-state index in [0.29, 0.717) is 24.7 Å². The van der Waals surface area contributed by atoms with Crippen LogP contribution in [-0.2, 0) is 9.53 Å². The van der Waals surface area contributed by atoms with Crippen LogP contribution in [0.5, 0.6) is 0 Å². The van der Waals surface area contributed by atoms with Crippen molar-refractivity contribution in [2.45, 2.75) is 20.3 Å². The monoisotopic (exact) mass is 330 g/mol. The van der Waals surface area contributed by atoms with E-state index in [1.165, 1.54) is 12.1 Å². The van der Waals surface area contributed by atoms with E-state index in [0.717, 1.165) is 24.0 Å². The third kappa shape index (κ3) is 4.04. The molecule has 2 aliphatic rings. The topological polar surface area (TPSA) is 75.9 Å². The minimum absolute atomic E-state index is 0.106. The maximum absolute atomic E-state index is 12.8. The van der Waals surface area contributed by atoms with Gasteiger partial charge < -0.3 is 10.1 Å². The predicted octanol–water partition coefficient (Wildman–Crippen LogP) is 2.59. The number of halogens is 1. The smallest absolute Gasteiger partial charge is 0.229 e. The third-order valence-corrected chi connectivity index (χ3v) is 3.93. The molecule has 1 saturated carbocycles. The molecule has 1 aliphatic carbocycles. The van der Waals surface area contributed by atoms with Gasteiger partial charge in [0.2, 0.25) is 5.91 Å². The minimum Gasteiger partial charge on any atom is -0.490 e. The molecule has 6 nitrogen and oxygen atoms in total. The Hall–Kier alpha value is -2.57. The normalized spacial score (nSPS) is 22.7. The van der Waals surface area contributed by atoms with Crippen molar-refractivity contribution in [2.75, 3.05) is 18.5 Å². The molecule has 7 heteroatoms. The fraction of sp³-hybridized carbons (Fsp3) is 0.412. The molecular weight excluding hydrogens is 311 g/mol. The summed E-state index contributed by atoms with van der Waals surface area (Å²) < 4.78 is 18.6. The molecule has 0 radical (unpaired) electrons. The van der Waals surface area contributed by atoms with Gasteiger partial charge in [0.15, 0.2) is 5.76 Å². The van der Waals surface area contributed by atoms with Crippen LogP contribution < -0.4 is 5.32 Å². The molecule has 1 aromatic heterocycles. The van der Waals surface area contributed by atoms with Gasteiger partial charge in [-0.3, -0.25) is 14.8 Å². The summed E-state index contributed by atoms with van der Waals surface area (Å²) in [6, 6.07) is 2.71. The van der Waals surface area contributed by atoms with Gasteiger partial charge in [-0.15, -0.1) is 0 Å². The zero-order valence-corrected chi connectivity index (χ0v) is 13.6. The Morgan fingerprint density at radius 3 is 3.00 bits per heavy atom. The number of amides is 1. The van der Waals surface area contributed by atoms with Gasteiger partial charge in [0.05, 0.1) is 31.3 Å². The molecule has 126 valence electrons. The van der Waals surface area contributed by atoms with Gasteiger partial charge in [0.25, 0.3) is 0 Å². The molecular formula is C17H19FN4O2. The Kier molecular flexibility index (Phi) is 4.69. The molecule has 2 unspecified atom stereocenters. The van der Waals surface area contributed by atoms with Crippen molar-refractivity contribution in [2.24, 2.45) is 21.8 Å². The van der Waals surface area contributed by atoms with Crippen molar-refractivity contribution in [3.8, 4) is 0 Å². The molecule has 0 spiro atoms. The van der Waals surface area contributed by atoms with Crippen LogP contribution in [0.1, 0.15) is 20.3 Å². The number of carbonyl (C=O) groups excluding carboxylic acids is 1. The fourth-order valence-corrected chi connectivity index (χ4v) is 2.49. The van der Waals surface area contributed by atoms with Crippen LogP contribution in [-0.4, -0.2) is 36.0 Å². The van der Waals surface area contributed by atoms with E-state index in [1.807, 2.05) is 13.8 Å². The Labute approximate surface area is 139 Å². The molecule has 1 aliphatic heterocycles. The van der Waals surface area contributed by atoms with E-state index in [2.05, 4.69) is 20.3 Å². The molecule has 1 amide bonds. The summed E-state index contributed by atoms with van der Waals surface area (Å²) in [5, 5.41) is 2.69. The maximum Gasteiger partial charge on any atom is 0.229 e. The highest BCUT2D eigenvalue weighted by Crippen LogP contribution is 2.39. The van der Waals surface area contributed by atoms with Gasteiger partial charge in [-0.05, 0) is 32.4 Å². The number of anilines is 1. The average Bonchev–Trinajstić information content (AvgIpc) is 3.33. The summed E-state index contributed by atoms with van der Waals surface area (Å²) in [4.78, 5) is 24.6. The summed E-state index contributed by atoms with van der Waals surface area (Å²) >= 11 is 0. The Morgan fingerprint density at radius 2 is 2.25 bits per heavy atom. The number of pyridine rings is 1. The lowest BCUT2D eigenvalue weighted by Gasteiger charge is -2.08. The van der Waals surface area contributed by atoms with Crippen molar-refractivity contribution in [1.82, 2.24) is 4.98 Å². The first-order chi connectivity index (χ1) is 11.5. The first-order valence-corrected chi connectivity index (χ1v) is 7.83. The lowest BCUT2D eigenvalue weighted by molar-refractivity contribution is -0.117. The highest BCUT2D eigenvalue weighted by atomic mass is 19.1. The van der Waals surface area contributed by atoms with Crippen molar-refractivity contribution in [1.29, 1.82) is 0 Å².